The topological polar surface area (TPSA) is 68.2 Å². The third kappa shape index (κ3) is 8.62. The molecule has 0 aliphatic heterocycles. The summed E-state index contributed by atoms with van der Waals surface area (Å²) >= 11 is 0. The molecule has 0 bridgehead atoms. The van der Waals surface area contributed by atoms with Gasteiger partial charge in [-0.25, -0.2) is 0 Å². The van der Waals surface area contributed by atoms with Crippen LogP contribution in [0, 0.1) is 6.92 Å². The first-order chi connectivity index (χ1) is 14.8. The lowest BCUT2D eigenvalue weighted by atomic mass is 9.78. The van der Waals surface area contributed by atoms with Crippen molar-refractivity contribution in [1.82, 2.24) is 0 Å². The third-order valence-corrected chi connectivity index (χ3v) is 5.48. The Bertz CT molecular complexity index is 739. The van der Waals surface area contributed by atoms with Gasteiger partial charge in [0.05, 0.1) is 12.7 Å². The zero-order chi connectivity index (χ0) is 22.7. The average molecular weight is 431 g/mol. The predicted octanol–water partition coefficient (Wildman–Crippen LogP) is 4.25. The number of benzene rings is 2. The molecule has 2 rings (SSSR count). The third-order valence-electron chi connectivity index (χ3n) is 5.48. The Balaban J connectivity index is 1.72. The molecule has 0 saturated carbocycles. The number of aliphatic hydroxyl groups is 2. The van der Waals surface area contributed by atoms with Crippen molar-refractivity contribution >= 4 is 0 Å². The van der Waals surface area contributed by atoms with E-state index < -0.39 is 6.10 Å². The van der Waals surface area contributed by atoms with Crippen LogP contribution >= 0.6 is 0 Å². The molecule has 0 fully saturated rings. The minimum absolute atomic E-state index is 0.0719. The van der Waals surface area contributed by atoms with Gasteiger partial charge in [0.25, 0.3) is 0 Å². The van der Waals surface area contributed by atoms with Crippen molar-refractivity contribution in [3.8, 4) is 5.75 Å². The van der Waals surface area contributed by atoms with E-state index in [-0.39, 0.29) is 31.3 Å². The Morgan fingerprint density at radius 3 is 2.13 bits per heavy atom. The van der Waals surface area contributed by atoms with Gasteiger partial charge in [0.1, 0.15) is 18.5 Å². The molecule has 0 saturated heterocycles. The Kier molecular flexibility index (Phi) is 10.5. The van der Waals surface area contributed by atoms with Crippen molar-refractivity contribution in [2.45, 2.75) is 58.2 Å². The second-order valence-electron chi connectivity index (χ2n) is 8.60. The summed E-state index contributed by atoms with van der Waals surface area (Å²) < 4.78 is 16.8. The molecule has 0 amide bonds. The molecule has 2 aromatic carbocycles. The fourth-order valence-corrected chi connectivity index (χ4v) is 3.25. The summed E-state index contributed by atoms with van der Waals surface area (Å²) in [6.45, 7) is 10.1. The minimum atomic E-state index is -0.686. The van der Waals surface area contributed by atoms with E-state index in [2.05, 4.69) is 57.2 Å². The van der Waals surface area contributed by atoms with E-state index in [9.17, 15) is 5.11 Å². The van der Waals surface area contributed by atoms with Crippen molar-refractivity contribution in [2.24, 2.45) is 0 Å². The maximum absolute atomic E-state index is 10.1. The van der Waals surface area contributed by atoms with Crippen molar-refractivity contribution in [1.29, 1.82) is 0 Å². The number of ether oxygens (including phenoxy) is 3. The van der Waals surface area contributed by atoms with Crippen LogP contribution in [0.5, 0.6) is 5.75 Å². The molecule has 2 N–H and O–H groups in total. The van der Waals surface area contributed by atoms with E-state index in [0.29, 0.717) is 19.6 Å². The second-order valence-corrected chi connectivity index (χ2v) is 8.60. The molecule has 0 aromatic heterocycles. The SMILES string of the molecule is Cc1ccc(C(C)(C)c2ccc(OCC(O)COCCC(C)OCCCO)cc2)cc1. The molecule has 31 heavy (non-hydrogen) atoms. The molecule has 2 atom stereocenters. The van der Waals surface area contributed by atoms with Crippen molar-refractivity contribution in [3.63, 3.8) is 0 Å². The minimum Gasteiger partial charge on any atom is -0.491 e. The Hall–Kier alpha value is -1.92. The summed E-state index contributed by atoms with van der Waals surface area (Å²) in [5, 5.41) is 18.8. The summed E-state index contributed by atoms with van der Waals surface area (Å²) in [6, 6.07) is 16.7. The molecule has 5 nitrogen and oxygen atoms in total. The summed E-state index contributed by atoms with van der Waals surface area (Å²) in [6.07, 6.45) is 0.778. The summed E-state index contributed by atoms with van der Waals surface area (Å²) in [7, 11) is 0. The lowest BCUT2D eigenvalue weighted by molar-refractivity contribution is -0.00992. The number of aryl methyl sites for hydroxylation is 1. The van der Waals surface area contributed by atoms with Gasteiger partial charge in [-0.15, -0.1) is 0 Å². The van der Waals surface area contributed by atoms with Crippen LogP contribution in [0.1, 0.15) is 50.3 Å². The van der Waals surface area contributed by atoms with E-state index in [0.717, 1.165) is 12.2 Å². The lowest BCUT2D eigenvalue weighted by Crippen LogP contribution is -2.24. The number of rotatable bonds is 14. The molecule has 0 aliphatic rings. The first kappa shape index (κ1) is 25.3. The zero-order valence-electron chi connectivity index (χ0n) is 19.3. The smallest absolute Gasteiger partial charge is 0.119 e. The van der Waals surface area contributed by atoms with Gasteiger partial charge in [-0.1, -0.05) is 55.8 Å². The zero-order valence-corrected chi connectivity index (χ0v) is 19.3. The van der Waals surface area contributed by atoms with Crippen LogP contribution in [-0.2, 0) is 14.9 Å². The first-order valence-corrected chi connectivity index (χ1v) is 11.1. The summed E-state index contributed by atoms with van der Waals surface area (Å²) in [5.74, 6) is 0.730. The van der Waals surface area contributed by atoms with Gasteiger partial charge in [0.2, 0.25) is 0 Å². The van der Waals surface area contributed by atoms with Crippen LogP contribution in [0.3, 0.4) is 0 Å². The van der Waals surface area contributed by atoms with E-state index in [1.165, 1.54) is 16.7 Å². The molecule has 0 spiro atoms. The lowest BCUT2D eigenvalue weighted by Gasteiger charge is -2.26. The average Bonchev–Trinajstić information content (AvgIpc) is 2.76. The monoisotopic (exact) mass is 430 g/mol. The fraction of sp³-hybridized carbons (Fsp3) is 0.538. The highest BCUT2D eigenvalue weighted by atomic mass is 16.5. The van der Waals surface area contributed by atoms with Crippen LogP contribution < -0.4 is 4.74 Å². The van der Waals surface area contributed by atoms with Gasteiger partial charge in [0, 0.05) is 25.2 Å². The normalized spacial score (nSPS) is 13.7. The van der Waals surface area contributed by atoms with Crippen molar-refractivity contribution < 1.29 is 24.4 Å². The quantitative estimate of drug-likeness (QED) is 0.439. The highest BCUT2D eigenvalue weighted by molar-refractivity contribution is 5.40. The predicted molar refractivity (Wildman–Crippen MR) is 124 cm³/mol. The summed E-state index contributed by atoms with van der Waals surface area (Å²) in [4.78, 5) is 0. The Morgan fingerprint density at radius 1 is 0.903 bits per heavy atom. The van der Waals surface area contributed by atoms with Gasteiger partial charge in [-0.3, -0.25) is 0 Å². The maximum atomic E-state index is 10.1. The van der Waals surface area contributed by atoms with E-state index in [1.807, 2.05) is 19.1 Å². The van der Waals surface area contributed by atoms with E-state index >= 15 is 0 Å². The van der Waals surface area contributed by atoms with E-state index in [4.69, 9.17) is 19.3 Å². The molecule has 2 unspecified atom stereocenters. The van der Waals surface area contributed by atoms with Gasteiger partial charge in [-0.2, -0.15) is 0 Å². The fourth-order valence-electron chi connectivity index (χ4n) is 3.25. The van der Waals surface area contributed by atoms with E-state index in [1.54, 1.807) is 0 Å². The number of hydrogen-bond acceptors (Lipinski definition) is 5. The molecule has 172 valence electrons. The van der Waals surface area contributed by atoms with Crippen LogP contribution in [0.15, 0.2) is 48.5 Å². The molecular weight excluding hydrogens is 392 g/mol. The largest absolute Gasteiger partial charge is 0.491 e. The van der Waals surface area contributed by atoms with Gasteiger partial charge in [-0.05, 0) is 49.9 Å². The van der Waals surface area contributed by atoms with Gasteiger partial charge >= 0.3 is 0 Å². The Morgan fingerprint density at radius 2 is 1.52 bits per heavy atom. The standard InChI is InChI=1S/C26H38O5/c1-20-6-8-22(9-7-20)26(3,4)23-10-12-25(13-11-23)31-19-24(28)18-29-17-14-21(2)30-16-5-15-27/h6-13,21,24,27-28H,5,14-19H2,1-4H3. The van der Waals surface area contributed by atoms with Crippen LogP contribution in [0.4, 0.5) is 0 Å². The molecule has 0 heterocycles. The summed E-state index contributed by atoms with van der Waals surface area (Å²) in [5.41, 5.74) is 3.64. The van der Waals surface area contributed by atoms with Crippen LogP contribution in [0.25, 0.3) is 0 Å². The van der Waals surface area contributed by atoms with Crippen molar-refractivity contribution in [2.75, 3.05) is 33.0 Å². The second kappa shape index (κ2) is 12.8. The molecular formula is C26H38O5. The molecule has 5 heteroatoms. The highest BCUT2D eigenvalue weighted by Crippen LogP contribution is 2.32. The van der Waals surface area contributed by atoms with Crippen LogP contribution in [-0.4, -0.2) is 55.5 Å². The Labute approximate surface area is 187 Å². The maximum Gasteiger partial charge on any atom is 0.119 e. The molecule has 0 aliphatic carbocycles. The van der Waals surface area contributed by atoms with Crippen LogP contribution in [0.2, 0.25) is 0 Å². The van der Waals surface area contributed by atoms with Crippen molar-refractivity contribution in [3.05, 3.63) is 65.2 Å². The van der Waals surface area contributed by atoms with Gasteiger partial charge < -0.3 is 24.4 Å². The molecule has 2 aromatic rings. The number of aliphatic hydroxyl groups excluding tert-OH is 2. The van der Waals surface area contributed by atoms with Gasteiger partial charge in [0.15, 0.2) is 0 Å². The first-order valence-electron chi connectivity index (χ1n) is 11.1. The number of hydrogen-bond donors (Lipinski definition) is 2. The molecule has 0 radical (unpaired) electrons. The highest BCUT2D eigenvalue weighted by Gasteiger charge is 2.22.